The van der Waals surface area contributed by atoms with Crippen molar-refractivity contribution in [2.75, 3.05) is 13.1 Å². The van der Waals surface area contributed by atoms with Crippen molar-refractivity contribution in [2.45, 2.75) is 45.3 Å². The van der Waals surface area contributed by atoms with Crippen LogP contribution in [0.25, 0.3) is 0 Å². The fourth-order valence-corrected chi connectivity index (χ4v) is 2.58. The second-order valence-corrected chi connectivity index (χ2v) is 5.91. The summed E-state index contributed by atoms with van der Waals surface area (Å²) in [7, 11) is 0. The van der Waals surface area contributed by atoms with Crippen molar-refractivity contribution in [2.24, 2.45) is 4.99 Å². The van der Waals surface area contributed by atoms with Crippen molar-refractivity contribution in [3.63, 3.8) is 0 Å². The Labute approximate surface area is 130 Å². The van der Waals surface area contributed by atoms with E-state index in [1.54, 1.807) is 0 Å². The van der Waals surface area contributed by atoms with Crippen LogP contribution < -0.4 is 15.4 Å². The maximum atomic E-state index is 12.4. The number of hydrogen-bond acceptors (Lipinski definition) is 2. The number of benzene rings is 1. The minimum Gasteiger partial charge on any atom is -0.487 e. The Morgan fingerprint density at radius 2 is 2.14 bits per heavy atom. The number of nitrogens with one attached hydrogen (secondary N) is 2. The zero-order valence-corrected chi connectivity index (χ0v) is 13.2. The molecule has 1 aliphatic heterocycles. The number of alkyl halides is 2. The molecule has 122 valence electrons. The van der Waals surface area contributed by atoms with E-state index in [4.69, 9.17) is 4.74 Å². The fourth-order valence-electron chi connectivity index (χ4n) is 2.58. The lowest BCUT2D eigenvalue weighted by atomic mass is 9.90. The predicted molar refractivity (Wildman–Crippen MR) is 83.6 cm³/mol. The van der Waals surface area contributed by atoms with Crippen LogP contribution in [0, 0.1) is 0 Å². The Bertz CT molecular complexity index is 532. The van der Waals surface area contributed by atoms with Crippen molar-refractivity contribution in [1.82, 2.24) is 10.6 Å². The molecule has 0 radical (unpaired) electrons. The van der Waals surface area contributed by atoms with Crippen LogP contribution in [-0.2, 0) is 0 Å². The van der Waals surface area contributed by atoms with Crippen LogP contribution in [0.5, 0.6) is 5.75 Å². The Morgan fingerprint density at radius 3 is 2.82 bits per heavy atom. The average Bonchev–Trinajstić information content (AvgIpc) is 2.43. The number of aliphatic imine (C=N–C) groups is 1. The Morgan fingerprint density at radius 1 is 1.41 bits per heavy atom. The van der Waals surface area contributed by atoms with Gasteiger partial charge < -0.3 is 15.4 Å². The molecule has 0 spiro atoms. The highest BCUT2D eigenvalue weighted by Crippen LogP contribution is 2.39. The second-order valence-electron chi connectivity index (χ2n) is 5.91. The molecular formula is C16H23F2N3O. The van der Waals surface area contributed by atoms with Crippen LogP contribution in [0.3, 0.4) is 0 Å². The summed E-state index contributed by atoms with van der Waals surface area (Å²) in [6, 6.07) is 7.74. The van der Waals surface area contributed by atoms with Gasteiger partial charge >= 0.3 is 0 Å². The first-order chi connectivity index (χ1) is 10.4. The van der Waals surface area contributed by atoms with Crippen LogP contribution in [0.15, 0.2) is 29.3 Å². The number of guanidine groups is 1. The highest BCUT2D eigenvalue weighted by Gasteiger charge is 2.33. The van der Waals surface area contributed by atoms with E-state index >= 15 is 0 Å². The summed E-state index contributed by atoms with van der Waals surface area (Å²) in [6.07, 6.45) is -1.72. The van der Waals surface area contributed by atoms with Gasteiger partial charge in [-0.3, -0.25) is 0 Å². The number of rotatable bonds is 4. The molecule has 2 rings (SSSR count). The largest absolute Gasteiger partial charge is 0.487 e. The van der Waals surface area contributed by atoms with E-state index < -0.39 is 13.0 Å². The zero-order chi connectivity index (χ0) is 16.2. The molecule has 0 fully saturated rings. The average molecular weight is 311 g/mol. The maximum absolute atomic E-state index is 12.4. The third-order valence-corrected chi connectivity index (χ3v) is 3.42. The number of ether oxygens (including phenoxy) is 1. The molecule has 4 nitrogen and oxygen atoms in total. The van der Waals surface area contributed by atoms with Gasteiger partial charge in [0.25, 0.3) is 6.43 Å². The fraction of sp³-hybridized carbons (Fsp3) is 0.562. The van der Waals surface area contributed by atoms with Crippen molar-refractivity contribution in [3.8, 4) is 5.75 Å². The molecule has 0 saturated heterocycles. The first kappa shape index (κ1) is 16.5. The van der Waals surface area contributed by atoms with Gasteiger partial charge in [0.15, 0.2) is 5.96 Å². The van der Waals surface area contributed by atoms with E-state index in [1.807, 2.05) is 45.0 Å². The van der Waals surface area contributed by atoms with Crippen LogP contribution in [-0.4, -0.2) is 31.1 Å². The van der Waals surface area contributed by atoms with Gasteiger partial charge in [-0.1, -0.05) is 18.2 Å². The van der Waals surface area contributed by atoms with Gasteiger partial charge in [0, 0.05) is 18.5 Å². The lowest BCUT2D eigenvalue weighted by Gasteiger charge is -2.38. The maximum Gasteiger partial charge on any atom is 0.257 e. The second kappa shape index (κ2) is 6.94. The summed E-state index contributed by atoms with van der Waals surface area (Å²) >= 11 is 0. The van der Waals surface area contributed by atoms with E-state index in [2.05, 4.69) is 15.6 Å². The van der Waals surface area contributed by atoms with Crippen LogP contribution in [0.4, 0.5) is 8.78 Å². The van der Waals surface area contributed by atoms with Crippen LogP contribution >= 0.6 is 0 Å². The number of fused-ring (bicyclic) bond motifs is 1. The van der Waals surface area contributed by atoms with E-state index in [-0.39, 0.29) is 11.6 Å². The van der Waals surface area contributed by atoms with Gasteiger partial charge in [0.2, 0.25) is 0 Å². The molecule has 1 heterocycles. The van der Waals surface area contributed by atoms with Crippen molar-refractivity contribution < 1.29 is 13.5 Å². The Hall–Kier alpha value is -1.85. The molecule has 0 aliphatic carbocycles. The summed E-state index contributed by atoms with van der Waals surface area (Å²) < 4.78 is 30.8. The normalized spacial score (nSPS) is 20.3. The quantitative estimate of drug-likeness (QED) is 0.663. The molecular weight excluding hydrogens is 288 g/mol. The highest BCUT2D eigenvalue weighted by molar-refractivity contribution is 5.80. The summed E-state index contributed by atoms with van der Waals surface area (Å²) in [4.78, 5) is 3.93. The van der Waals surface area contributed by atoms with Crippen LogP contribution in [0.1, 0.15) is 38.8 Å². The number of hydrogen-bond donors (Lipinski definition) is 2. The third-order valence-electron chi connectivity index (χ3n) is 3.42. The first-order valence-electron chi connectivity index (χ1n) is 7.52. The Balaban J connectivity index is 2.21. The molecule has 0 bridgehead atoms. The topological polar surface area (TPSA) is 45.7 Å². The molecule has 2 N–H and O–H groups in total. The SMILES string of the molecule is CCNC(=NCC(F)F)NC1CC(C)(C)Oc2ccccc21. The number of para-hydroxylation sites is 1. The molecule has 22 heavy (non-hydrogen) atoms. The Kier molecular flexibility index (Phi) is 5.21. The van der Waals surface area contributed by atoms with Crippen LogP contribution in [0.2, 0.25) is 0 Å². The van der Waals surface area contributed by atoms with E-state index in [0.29, 0.717) is 12.5 Å². The smallest absolute Gasteiger partial charge is 0.257 e. The van der Waals surface area contributed by atoms with Gasteiger partial charge in [-0.2, -0.15) is 0 Å². The van der Waals surface area contributed by atoms with Crippen molar-refractivity contribution in [1.29, 1.82) is 0 Å². The van der Waals surface area contributed by atoms with E-state index in [1.165, 1.54) is 0 Å². The third kappa shape index (κ3) is 4.32. The van der Waals surface area contributed by atoms with Gasteiger partial charge in [-0.15, -0.1) is 0 Å². The lowest BCUT2D eigenvalue weighted by Crippen LogP contribution is -2.45. The minimum absolute atomic E-state index is 0.0320. The molecule has 1 aromatic rings. The van der Waals surface area contributed by atoms with E-state index in [9.17, 15) is 8.78 Å². The monoisotopic (exact) mass is 311 g/mol. The van der Waals surface area contributed by atoms with Gasteiger partial charge in [-0.25, -0.2) is 13.8 Å². The molecule has 0 aromatic heterocycles. The molecule has 1 aromatic carbocycles. The highest BCUT2D eigenvalue weighted by atomic mass is 19.3. The number of nitrogens with zero attached hydrogens (tertiary/aromatic N) is 1. The molecule has 1 aliphatic rings. The first-order valence-corrected chi connectivity index (χ1v) is 7.52. The molecule has 6 heteroatoms. The molecule has 1 atom stereocenters. The van der Waals surface area contributed by atoms with E-state index in [0.717, 1.165) is 17.7 Å². The van der Waals surface area contributed by atoms with Gasteiger partial charge in [0.1, 0.15) is 17.9 Å². The lowest BCUT2D eigenvalue weighted by molar-refractivity contribution is 0.0693. The standard InChI is InChI=1S/C16H23F2N3O/c1-4-19-15(20-10-14(17)18)21-12-9-16(2,3)22-13-8-6-5-7-11(12)13/h5-8,12,14H,4,9-10H2,1-3H3,(H2,19,20,21). The summed E-state index contributed by atoms with van der Waals surface area (Å²) in [6.45, 7) is 6.04. The number of halogens is 2. The van der Waals surface area contributed by atoms with Gasteiger partial charge in [-0.05, 0) is 26.8 Å². The minimum atomic E-state index is -2.45. The van der Waals surface area contributed by atoms with Crippen molar-refractivity contribution >= 4 is 5.96 Å². The van der Waals surface area contributed by atoms with Crippen molar-refractivity contribution in [3.05, 3.63) is 29.8 Å². The summed E-state index contributed by atoms with van der Waals surface area (Å²) in [5.74, 6) is 1.22. The zero-order valence-electron chi connectivity index (χ0n) is 13.2. The molecule has 0 amide bonds. The predicted octanol–water partition coefficient (Wildman–Crippen LogP) is 3.11. The summed E-state index contributed by atoms with van der Waals surface area (Å²) in [5.41, 5.74) is 0.691. The molecule has 0 saturated carbocycles. The molecule has 1 unspecified atom stereocenters. The van der Waals surface area contributed by atoms with Gasteiger partial charge in [0.05, 0.1) is 6.04 Å². The summed E-state index contributed by atoms with van der Waals surface area (Å²) in [5, 5.41) is 6.26.